The van der Waals surface area contributed by atoms with Gasteiger partial charge in [-0.05, 0) is 39.2 Å². The number of anilines is 1. The standard InChI is InChI=1S/C14H26N4/c1-14(2,18-9-13(15)17-11-18)10-16-8-12-6-4-3-5-7-12/h9,11-12,16H,3-8,10,15H2,1-2H3. The smallest absolute Gasteiger partial charge is 0.141 e. The number of aromatic nitrogens is 2. The molecule has 0 amide bonds. The summed E-state index contributed by atoms with van der Waals surface area (Å²) in [7, 11) is 0. The van der Waals surface area contributed by atoms with Crippen LogP contribution in [0.2, 0.25) is 0 Å². The molecule has 2 rings (SSSR count). The highest BCUT2D eigenvalue weighted by Gasteiger charge is 2.21. The summed E-state index contributed by atoms with van der Waals surface area (Å²) in [5.74, 6) is 1.47. The molecule has 1 aromatic rings. The number of nitrogens with zero attached hydrogens (tertiary/aromatic N) is 2. The minimum Gasteiger partial charge on any atom is -0.382 e. The van der Waals surface area contributed by atoms with Crippen molar-refractivity contribution in [3.8, 4) is 0 Å². The van der Waals surface area contributed by atoms with Crippen molar-refractivity contribution < 1.29 is 0 Å². The molecule has 102 valence electrons. The van der Waals surface area contributed by atoms with Crippen molar-refractivity contribution >= 4 is 5.82 Å². The van der Waals surface area contributed by atoms with Crippen molar-refractivity contribution in [3.05, 3.63) is 12.5 Å². The van der Waals surface area contributed by atoms with Gasteiger partial charge in [0.2, 0.25) is 0 Å². The van der Waals surface area contributed by atoms with E-state index >= 15 is 0 Å². The van der Waals surface area contributed by atoms with Crippen molar-refractivity contribution in [3.63, 3.8) is 0 Å². The Labute approximate surface area is 110 Å². The molecule has 1 heterocycles. The minimum absolute atomic E-state index is 0.0271. The summed E-state index contributed by atoms with van der Waals surface area (Å²) in [6, 6.07) is 0. The lowest BCUT2D eigenvalue weighted by molar-refractivity contribution is 0.294. The highest BCUT2D eigenvalue weighted by molar-refractivity contribution is 5.23. The molecule has 4 heteroatoms. The van der Waals surface area contributed by atoms with Gasteiger partial charge in [-0.1, -0.05) is 19.3 Å². The molecule has 0 atom stereocenters. The monoisotopic (exact) mass is 250 g/mol. The van der Waals surface area contributed by atoms with Gasteiger partial charge in [0, 0.05) is 12.7 Å². The van der Waals surface area contributed by atoms with E-state index in [1.54, 1.807) is 0 Å². The lowest BCUT2D eigenvalue weighted by atomic mass is 9.89. The molecule has 4 nitrogen and oxygen atoms in total. The van der Waals surface area contributed by atoms with Crippen LogP contribution >= 0.6 is 0 Å². The van der Waals surface area contributed by atoms with Crippen molar-refractivity contribution in [2.75, 3.05) is 18.8 Å². The first-order valence-electron chi connectivity index (χ1n) is 7.08. The molecule has 1 aliphatic rings. The van der Waals surface area contributed by atoms with E-state index in [1.807, 2.05) is 12.5 Å². The van der Waals surface area contributed by atoms with Crippen LogP contribution in [0, 0.1) is 5.92 Å². The maximum absolute atomic E-state index is 5.67. The maximum atomic E-state index is 5.67. The third-order valence-corrected chi connectivity index (χ3v) is 4.02. The Bertz CT molecular complexity index is 364. The Morgan fingerprint density at radius 3 is 2.72 bits per heavy atom. The fourth-order valence-electron chi connectivity index (χ4n) is 2.73. The van der Waals surface area contributed by atoms with Crippen LogP contribution in [0.5, 0.6) is 0 Å². The van der Waals surface area contributed by atoms with Gasteiger partial charge >= 0.3 is 0 Å². The van der Waals surface area contributed by atoms with Gasteiger partial charge in [-0.25, -0.2) is 4.98 Å². The van der Waals surface area contributed by atoms with E-state index in [0.717, 1.165) is 19.0 Å². The van der Waals surface area contributed by atoms with Gasteiger partial charge in [0.1, 0.15) is 5.82 Å². The first-order valence-corrected chi connectivity index (χ1v) is 7.08. The van der Waals surface area contributed by atoms with Gasteiger partial charge in [0.25, 0.3) is 0 Å². The van der Waals surface area contributed by atoms with Crippen LogP contribution in [0.15, 0.2) is 12.5 Å². The molecule has 0 aromatic carbocycles. The number of hydrogen-bond donors (Lipinski definition) is 2. The number of imidazole rings is 1. The molecule has 0 unspecified atom stereocenters. The van der Waals surface area contributed by atoms with Crippen LogP contribution in [-0.4, -0.2) is 22.6 Å². The molecule has 0 radical (unpaired) electrons. The fourth-order valence-corrected chi connectivity index (χ4v) is 2.73. The second-order valence-corrected chi connectivity index (χ2v) is 6.15. The number of nitrogens with one attached hydrogen (secondary N) is 1. The summed E-state index contributed by atoms with van der Waals surface area (Å²) in [6.07, 6.45) is 10.8. The Balaban J connectivity index is 1.78. The van der Waals surface area contributed by atoms with Crippen LogP contribution in [-0.2, 0) is 5.54 Å². The zero-order chi connectivity index (χ0) is 13.0. The Kier molecular flexibility index (Phi) is 4.27. The zero-order valence-corrected chi connectivity index (χ0v) is 11.7. The minimum atomic E-state index is 0.0271. The highest BCUT2D eigenvalue weighted by atomic mass is 15.1. The van der Waals surface area contributed by atoms with Crippen molar-refractivity contribution in [2.24, 2.45) is 5.92 Å². The highest BCUT2D eigenvalue weighted by Crippen LogP contribution is 2.23. The topological polar surface area (TPSA) is 55.9 Å². The second-order valence-electron chi connectivity index (χ2n) is 6.15. The van der Waals surface area contributed by atoms with Gasteiger partial charge in [-0.3, -0.25) is 0 Å². The normalized spacial score (nSPS) is 18.1. The van der Waals surface area contributed by atoms with E-state index in [9.17, 15) is 0 Å². The molecular formula is C14H26N4. The zero-order valence-electron chi connectivity index (χ0n) is 11.7. The quantitative estimate of drug-likeness (QED) is 0.843. The SMILES string of the molecule is CC(C)(CNCC1CCCCC1)n1cnc(N)c1. The van der Waals surface area contributed by atoms with Crippen LogP contribution in [0.1, 0.15) is 46.0 Å². The third kappa shape index (κ3) is 3.48. The van der Waals surface area contributed by atoms with E-state index in [0.29, 0.717) is 5.82 Å². The van der Waals surface area contributed by atoms with Gasteiger partial charge in [0.05, 0.1) is 11.9 Å². The van der Waals surface area contributed by atoms with Gasteiger partial charge in [0.15, 0.2) is 0 Å². The number of nitrogen functional groups attached to an aromatic ring is 1. The molecule has 3 N–H and O–H groups in total. The third-order valence-electron chi connectivity index (χ3n) is 4.02. The van der Waals surface area contributed by atoms with E-state index in [-0.39, 0.29) is 5.54 Å². The average Bonchev–Trinajstić information content (AvgIpc) is 2.78. The predicted molar refractivity (Wildman–Crippen MR) is 75.4 cm³/mol. The second kappa shape index (κ2) is 5.74. The summed E-state index contributed by atoms with van der Waals surface area (Å²) >= 11 is 0. The van der Waals surface area contributed by atoms with Gasteiger partial charge in [-0.15, -0.1) is 0 Å². The molecule has 0 spiro atoms. The van der Waals surface area contributed by atoms with E-state index < -0.39 is 0 Å². The number of hydrogen-bond acceptors (Lipinski definition) is 3. The van der Waals surface area contributed by atoms with Crippen molar-refractivity contribution in [1.29, 1.82) is 0 Å². The Morgan fingerprint density at radius 1 is 1.39 bits per heavy atom. The molecule has 0 saturated heterocycles. The lowest BCUT2D eigenvalue weighted by Crippen LogP contribution is -2.39. The molecule has 1 aromatic heterocycles. The molecule has 0 bridgehead atoms. The summed E-state index contributed by atoms with van der Waals surface area (Å²) in [5.41, 5.74) is 5.70. The molecule has 0 aliphatic heterocycles. The average molecular weight is 250 g/mol. The summed E-state index contributed by atoms with van der Waals surface area (Å²) in [5, 5.41) is 3.61. The number of nitrogens with two attached hydrogens (primary N) is 1. The van der Waals surface area contributed by atoms with Crippen LogP contribution in [0.4, 0.5) is 5.82 Å². The molecule has 1 saturated carbocycles. The van der Waals surface area contributed by atoms with Crippen molar-refractivity contribution in [2.45, 2.75) is 51.5 Å². The van der Waals surface area contributed by atoms with Gasteiger partial charge < -0.3 is 15.6 Å². The summed E-state index contributed by atoms with van der Waals surface area (Å²) < 4.78 is 2.09. The molecule has 1 fully saturated rings. The predicted octanol–water partition coefficient (Wildman–Crippen LogP) is 2.37. The summed E-state index contributed by atoms with van der Waals surface area (Å²) in [6.45, 7) is 6.52. The maximum Gasteiger partial charge on any atom is 0.141 e. The van der Waals surface area contributed by atoms with Crippen LogP contribution in [0.25, 0.3) is 0 Å². The largest absolute Gasteiger partial charge is 0.382 e. The molecule has 1 aliphatic carbocycles. The van der Waals surface area contributed by atoms with E-state index in [4.69, 9.17) is 5.73 Å². The first kappa shape index (κ1) is 13.4. The van der Waals surface area contributed by atoms with Gasteiger partial charge in [-0.2, -0.15) is 0 Å². The molecular weight excluding hydrogens is 224 g/mol. The fraction of sp³-hybridized carbons (Fsp3) is 0.786. The number of rotatable bonds is 5. The lowest BCUT2D eigenvalue weighted by Gasteiger charge is -2.29. The van der Waals surface area contributed by atoms with Crippen LogP contribution < -0.4 is 11.1 Å². The first-order chi connectivity index (χ1) is 8.58. The van der Waals surface area contributed by atoms with E-state index in [2.05, 4.69) is 28.7 Å². The van der Waals surface area contributed by atoms with E-state index in [1.165, 1.54) is 32.1 Å². The van der Waals surface area contributed by atoms with Crippen molar-refractivity contribution in [1.82, 2.24) is 14.9 Å². The van der Waals surface area contributed by atoms with Crippen LogP contribution in [0.3, 0.4) is 0 Å². The summed E-state index contributed by atoms with van der Waals surface area (Å²) in [4.78, 5) is 4.09. The Hall–Kier alpha value is -1.03. The Morgan fingerprint density at radius 2 is 2.11 bits per heavy atom. The molecule has 18 heavy (non-hydrogen) atoms.